The van der Waals surface area contributed by atoms with E-state index in [0.29, 0.717) is 16.4 Å². The molecule has 0 fully saturated rings. The molecule has 0 aliphatic carbocycles. The Morgan fingerprint density at radius 3 is 3.06 bits per heavy atom. The molecule has 2 aromatic heterocycles. The summed E-state index contributed by atoms with van der Waals surface area (Å²) in [5.74, 6) is 1.18. The molecule has 0 amide bonds. The molecule has 0 aliphatic heterocycles. The van der Waals surface area contributed by atoms with Crippen molar-refractivity contribution in [1.82, 2.24) is 19.6 Å². The Hall–Kier alpha value is -1.18. The first kappa shape index (κ1) is 11.3. The van der Waals surface area contributed by atoms with Crippen molar-refractivity contribution < 1.29 is 10.2 Å². The van der Waals surface area contributed by atoms with Crippen molar-refractivity contribution >= 4 is 17.4 Å². The molecule has 0 aliphatic rings. The highest BCUT2D eigenvalue weighted by atomic mass is 32.2. The van der Waals surface area contributed by atoms with Crippen LogP contribution < -0.4 is 0 Å². The van der Waals surface area contributed by atoms with Gasteiger partial charge < -0.3 is 10.2 Å². The topological polar surface area (TPSA) is 83.5 Å². The molecule has 0 bridgehead atoms. The normalized spacial score (nSPS) is 13.2. The van der Waals surface area contributed by atoms with E-state index >= 15 is 0 Å². The highest BCUT2D eigenvalue weighted by Gasteiger charge is 2.10. The number of hydrogen-bond donors (Lipinski definition) is 2. The van der Waals surface area contributed by atoms with Gasteiger partial charge in [-0.3, -0.25) is 4.40 Å². The van der Waals surface area contributed by atoms with E-state index in [2.05, 4.69) is 15.2 Å². The lowest BCUT2D eigenvalue weighted by Gasteiger charge is -2.06. The van der Waals surface area contributed by atoms with E-state index in [-0.39, 0.29) is 6.61 Å². The molecule has 0 aromatic carbocycles. The molecule has 1 unspecified atom stereocenters. The molecule has 16 heavy (non-hydrogen) atoms. The molecule has 0 radical (unpaired) electrons. The molecule has 2 heterocycles. The van der Waals surface area contributed by atoms with Gasteiger partial charge in [0.25, 0.3) is 0 Å². The Labute approximate surface area is 96.3 Å². The zero-order valence-corrected chi connectivity index (χ0v) is 9.55. The minimum atomic E-state index is -0.740. The van der Waals surface area contributed by atoms with Gasteiger partial charge in [-0.25, -0.2) is 4.98 Å². The Balaban J connectivity index is 2.24. The van der Waals surface area contributed by atoms with Gasteiger partial charge in [0, 0.05) is 18.1 Å². The molecule has 1 atom stereocenters. The Morgan fingerprint density at radius 1 is 1.50 bits per heavy atom. The number of hydrogen-bond acceptors (Lipinski definition) is 6. The second-order valence-corrected chi connectivity index (χ2v) is 4.33. The summed E-state index contributed by atoms with van der Waals surface area (Å²) < 4.78 is 1.83. The van der Waals surface area contributed by atoms with Crippen molar-refractivity contribution in [2.75, 3.05) is 12.4 Å². The molecule has 2 aromatic rings. The first-order valence-electron chi connectivity index (χ1n) is 4.80. The summed E-state index contributed by atoms with van der Waals surface area (Å²) in [6.45, 7) is 1.61. The second kappa shape index (κ2) is 4.77. The fourth-order valence-electron chi connectivity index (χ4n) is 1.25. The molecule has 2 N–H and O–H groups in total. The maximum absolute atomic E-state index is 9.26. The first-order chi connectivity index (χ1) is 7.72. The number of nitrogens with zero attached hydrogens (tertiary/aromatic N) is 4. The molecule has 0 spiro atoms. The predicted octanol–water partition coefficient (Wildman–Crippen LogP) is -0.122. The van der Waals surface area contributed by atoms with E-state index in [4.69, 9.17) is 5.11 Å². The van der Waals surface area contributed by atoms with Crippen molar-refractivity contribution in [2.45, 2.75) is 18.1 Å². The highest BCUT2D eigenvalue weighted by molar-refractivity contribution is 7.99. The van der Waals surface area contributed by atoms with Gasteiger partial charge in [0.15, 0.2) is 5.65 Å². The number of aromatic nitrogens is 4. The third-order valence-electron chi connectivity index (χ3n) is 2.09. The van der Waals surface area contributed by atoms with Gasteiger partial charge >= 0.3 is 0 Å². The van der Waals surface area contributed by atoms with Crippen molar-refractivity contribution in [3.63, 3.8) is 0 Å². The molecule has 0 saturated carbocycles. The van der Waals surface area contributed by atoms with Crippen LogP contribution in [0.25, 0.3) is 5.65 Å². The van der Waals surface area contributed by atoms with Crippen molar-refractivity contribution in [1.29, 1.82) is 0 Å². The van der Waals surface area contributed by atoms with Crippen LogP contribution in [0.15, 0.2) is 17.4 Å². The molecule has 6 nitrogen and oxygen atoms in total. The lowest BCUT2D eigenvalue weighted by molar-refractivity contribution is 0.113. The van der Waals surface area contributed by atoms with E-state index < -0.39 is 6.10 Å². The fraction of sp³-hybridized carbons (Fsp3) is 0.444. The van der Waals surface area contributed by atoms with Crippen LogP contribution >= 0.6 is 11.8 Å². The monoisotopic (exact) mass is 240 g/mol. The third kappa shape index (κ3) is 2.16. The summed E-state index contributed by atoms with van der Waals surface area (Å²) in [6, 6.07) is 0. The zero-order chi connectivity index (χ0) is 11.5. The van der Waals surface area contributed by atoms with Gasteiger partial charge in [-0.05, 0) is 6.92 Å². The first-order valence-corrected chi connectivity index (χ1v) is 5.79. The molecular weight excluding hydrogens is 228 g/mol. The van der Waals surface area contributed by atoms with Crippen LogP contribution in [0.5, 0.6) is 0 Å². The molecule has 86 valence electrons. The van der Waals surface area contributed by atoms with Crippen LogP contribution in [0.2, 0.25) is 0 Å². The van der Waals surface area contributed by atoms with Crippen LogP contribution in [-0.2, 0) is 0 Å². The Bertz CT molecular complexity index is 487. The quantitative estimate of drug-likeness (QED) is 0.725. The van der Waals surface area contributed by atoms with Gasteiger partial charge in [0.2, 0.25) is 0 Å². The number of thioether (sulfide) groups is 1. The minimum Gasteiger partial charge on any atom is -0.394 e. The molecular formula is C9H12N4O2S. The van der Waals surface area contributed by atoms with Crippen LogP contribution in [0.3, 0.4) is 0 Å². The summed E-state index contributed by atoms with van der Waals surface area (Å²) in [7, 11) is 0. The Kier molecular flexibility index (Phi) is 3.37. The van der Waals surface area contributed by atoms with Crippen molar-refractivity contribution in [3.05, 3.63) is 18.2 Å². The SMILES string of the molecule is Cc1nnc2c(SCC(O)CO)nccn12. The van der Waals surface area contributed by atoms with Gasteiger partial charge in [-0.15, -0.1) is 10.2 Å². The van der Waals surface area contributed by atoms with E-state index in [9.17, 15) is 5.11 Å². The summed E-state index contributed by atoms with van der Waals surface area (Å²) >= 11 is 1.35. The lowest BCUT2D eigenvalue weighted by atomic mass is 10.4. The summed E-state index contributed by atoms with van der Waals surface area (Å²) in [5, 5.41) is 26.6. The van der Waals surface area contributed by atoms with E-state index in [0.717, 1.165) is 5.82 Å². The summed E-state index contributed by atoms with van der Waals surface area (Å²) in [6.07, 6.45) is 2.71. The fourth-order valence-corrected chi connectivity index (χ4v) is 2.11. The number of aliphatic hydroxyl groups excluding tert-OH is 2. The van der Waals surface area contributed by atoms with Gasteiger partial charge in [-0.1, -0.05) is 11.8 Å². The third-order valence-corrected chi connectivity index (χ3v) is 3.20. The summed E-state index contributed by atoms with van der Waals surface area (Å²) in [4.78, 5) is 4.17. The van der Waals surface area contributed by atoms with E-state index in [1.807, 2.05) is 11.3 Å². The van der Waals surface area contributed by atoms with Crippen LogP contribution in [0, 0.1) is 6.92 Å². The number of rotatable bonds is 4. The van der Waals surface area contributed by atoms with Gasteiger partial charge in [-0.2, -0.15) is 0 Å². The Morgan fingerprint density at radius 2 is 2.31 bits per heavy atom. The minimum absolute atomic E-state index is 0.248. The maximum Gasteiger partial charge on any atom is 0.193 e. The number of aliphatic hydroxyl groups is 2. The van der Waals surface area contributed by atoms with Gasteiger partial charge in [0.1, 0.15) is 10.9 Å². The lowest BCUT2D eigenvalue weighted by Crippen LogP contribution is -2.14. The smallest absolute Gasteiger partial charge is 0.193 e. The van der Waals surface area contributed by atoms with E-state index in [1.54, 1.807) is 12.4 Å². The second-order valence-electron chi connectivity index (χ2n) is 3.32. The summed E-state index contributed by atoms with van der Waals surface area (Å²) in [5.41, 5.74) is 0.676. The standard InChI is InChI=1S/C9H12N4O2S/c1-6-11-12-8-9(10-2-3-13(6)8)16-5-7(15)4-14/h2-3,7,14-15H,4-5H2,1H3. The largest absolute Gasteiger partial charge is 0.394 e. The van der Waals surface area contributed by atoms with Crippen LogP contribution in [0.1, 0.15) is 5.82 Å². The molecule has 2 rings (SSSR count). The van der Waals surface area contributed by atoms with Gasteiger partial charge in [0.05, 0.1) is 12.7 Å². The highest BCUT2D eigenvalue weighted by Crippen LogP contribution is 2.20. The molecule has 7 heteroatoms. The number of aryl methyl sites for hydroxylation is 1. The van der Waals surface area contributed by atoms with Crippen molar-refractivity contribution in [3.8, 4) is 0 Å². The predicted molar refractivity (Wildman–Crippen MR) is 59.3 cm³/mol. The zero-order valence-electron chi connectivity index (χ0n) is 8.74. The number of fused-ring (bicyclic) bond motifs is 1. The van der Waals surface area contributed by atoms with Crippen molar-refractivity contribution in [2.24, 2.45) is 0 Å². The van der Waals surface area contributed by atoms with E-state index in [1.165, 1.54) is 11.8 Å². The van der Waals surface area contributed by atoms with Crippen LogP contribution in [0.4, 0.5) is 0 Å². The van der Waals surface area contributed by atoms with Crippen LogP contribution in [-0.4, -0.2) is 48.3 Å². The maximum atomic E-state index is 9.26. The molecule has 0 saturated heterocycles. The average molecular weight is 240 g/mol. The average Bonchev–Trinajstić information content (AvgIpc) is 2.69.